The number of nitrogens with one attached hydrogen (secondary N) is 2. The zero-order chi connectivity index (χ0) is 15.4. The highest BCUT2D eigenvalue weighted by molar-refractivity contribution is 6.30. The fourth-order valence-electron chi connectivity index (χ4n) is 2.33. The van der Waals surface area contributed by atoms with Gasteiger partial charge in [-0.25, -0.2) is 4.39 Å². The van der Waals surface area contributed by atoms with E-state index in [0.717, 1.165) is 4.90 Å². The molecule has 1 aromatic carbocycles. The molecule has 2 rings (SSSR count). The van der Waals surface area contributed by atoms with E-state index >= 15 is 0 Å². The van der Waals surface area contributed by atoms with Gasteiger partial charge in [0, 0.05) is 11.9 Å². The molecule has 0 aromatic heterocycles. The van der Waals surface area contributed by atoms with E-state index in [4.69, 9.17) is 11.6 Å². The summed E-state index contributed by atoms with van der Waals surface area (Å²) in [6.45, 7) is 4.50. The lowest BCUT2D eigenvalue weighted by molar-refractivity contribution is -0.895. The molecule has 1 saturated heterocycles. The molecule has 1 heterocycles. The highest BCUT2D eigenvalue weighted by Crippen LogP contribution is 2.19. The number of benzene rings is 1. The van der Waals surface area contributed by atoms with Crippen LogP contribution in [0, 0.1) is 5.82 Å². The molecule has 0 unspecified atom stereocenters. The maximum Gasteiger partial charge on any atom is 0.279 e. The smallest absolute Gasteiger partial charge is 0.279 e. The van der Waals surface area contributed by atoms with Crippen molar-refractivity contribution >= 4 is 29.1 Å². The van der Waals surface area contributed by atoms with E-state index < -0.39 is 5.82 Å². The van der Waals surface area contributed by atoms with Gasteiger partial charge in [0.15, 0.2) is 6.54 Å². The van der Waals surface area contributed by atoms with E-state index in [2.05, 4.69) is 5.32 Å². The van der Waals surface area contributed by atoms with Crippen LogP contribution in [0.2, 0.25) is 5.02 Å². The van der Waals surface area contributed by atoms with E-state index in [1.54, 1.807) is 11.8 Å². The molecule has 21 heavy (non-hydrogen) atoms. The van der Waals surface area contributed by atoms with Crippen LogP contribution in [0.4, 0.5) is 10.1 Å². The number of carbonyl (C=O) groups excluding carboxylic acids is 2. The second-order valence-electron chi connectivity index (χ2n) is 5.11. The Hall–Kier alpha value is -1.66. The molecule has 2 amide bonds. The van der Waals surface area contributed by atoms with Gasteiger partial charge in [-0.1, -0.05) is 11.6 Å². The van der Waals surface area contributed by atoms with E-state index in [-0.39, 0.29) is 24.0 Å². The predicted octanol–water partition coefficient (Wildman–Crippen LogP) is 0.165. The van der Waals surface area contributed by atoms with Gasteiger partial charge in [-0.2, -0.15) is 0 Å². The van der Waals surface area contributed by atoms with Crippen molar-refractivity contribution in [3.05, 3.63) is 29.0 Å². The summed E-state index contributed by atoms with van der Waals surface area (Å²) in [5.41, 5.74) is 0.0919. The van der Waals surface area contributed by atoms with Crippen LogP contribution >= 0.6 is 11.6 Å². The van der Waals surface area contributed by atoms with Crippen molar-refractivity contribution in [3.8, 4) is 0 Å². The van der Waals surface area contributed by atoms with Crippen LogP contribution in [-0.4, -0.2) is 49.4 Å². The number of quaternary nitrogens is 1. The maximum atomic E-state index is 13.5. The van der Waals surface area contributed by atoms with Crippen LogP contribution in [0.1, 0.15) is 6.92 Å². The fraction of sp³-hybridized carbons (Fsp3) is 0.429. The number of halogens is 2. The number of anilines is 1. The maximum absolute atomic E-state index is 13.5. The lowest BCUT2D eigenvalue weighted by atomic mass is 10.3. The van der Waals surface area contributed by atoms with Crippen molar-refractivity contribution in [1.82, 2.24) is 4.90 Å². The topological polar surface area (TPSA) is 53.9 Å². The third kappa shape index (κ3) is 4.41. The van der Waals surface area contributed by atoms with Crippen LogP contribution in [0.5, 0.6) is 0 Å². The van der Waals surface area contributed by atoms with E-state index in [1.807, 2.05) is 0 Å². The Morgan fingerprint density at radius 2 is 2.05 bits per heavy atom. The van der Waals surface area contributed by atoms with Gasteiger partial charge in [0.25, 0.3) is 5.91 Å². The molecule has 1 aromatic rings. The van der Waals surface area contributed by atoms with Crippen molar-refractivity contribution in [2.75, 3.05) is 38.0 Å². The van der Waals surface area contributed by atoms with Crippen LogP contribution in [-0.2, 0) is 9.59 Å². The van der Waals surface area contributed by atoms with E-state index in [1.165, 1.54) is 18.2 Å². The number of nitrogens with zero attached hydrogens (tertiary/aromatic N) is 1. The predicted molar refractivity (Wildman–Crippen MR) is 77.9 cm³/mol. The first-order chi connectivity index (χ1) is 9.95. The van der Waals surface area contributed by atoms with Gasteiger partial charge in [-0.3, -0.25) is 9.59 Å². The standard InChI is InChI=1S/C14H17ClFN3O2/c1-10(20)19-6-4-18(5-7-19)9-14(21)17-13-8-11(15)2-3-12(13)16/h2-3,8H,4-7,9H2,1H3,(H,17,21)/p+1. The van der Waals surface area contributed by atoms with Gasteiger partial charge >= 0.3 is 0 Å². The zero-order valence-electron chi connectivity index (χ0n) is 11.8. The molecule has 0 spiro atoms. The highest BCUT2D eigenvalue weighted by atomic mass is 35.5. The quantitative estimate of drug-likeness (QED) is 0.835. The third-order valence-electron chi connectivity index (χ3n) is 3.53. The molecule has 0 atom stereocenters. The first kappa shape index (κ1) is 15.7. The van der Waals surface area contributed by atoms with Gasteiger partial charge < -0.3 is 15.1 Å². The van der Waals surface area contributed by atoms with Crippen LogP contribution in [0.3, 0.4) is 0 Å². The van der Waals surface area contributed by atoms with Crippen LogP contribution in [0.25, 0.3) is 0 Å². The Morgan fingerprint density at radius 3 is 2.67 bits per heavy atom. The van der Waals surface area contributed by atoms with Crippen molar-refractivity contribution in [2.24, 2.45) is 0 Å². The highest BCUT2D eigenvalue weighted by Gasteiger charge is 2.23. The van der Waals surface area contributed by atoms with Gasteiger partial charge in [0.1, 0.15) is 5.82 Å². The summed E-state index contributed by atoms with van der Waals surface area (Å²) in [4.78, 5) is 26.0. The average Bonchev–Trinajstić information content (AvgIpc) is 2.43. The Balaban J connectivity index is 1.85. The second-order valence-corrected chi connectivity index (χ2v) is 5.54. The molecular formula is C14H18ClFN3O2+. The van der Waals surface area contributed by atoms with Crippen molar-refractivity contribution in [3.63, 3.8) is 0 Å². The first-order valence-electron chi connectivity index (χ1n) is 6.79. The summed E-state index contributed by atoms with van der Waals surface area (Å²) in [5, 5.41) is 2.90. The Kier molecular flexibility index (Phi) is 5.14. The molecule has 1 aliphatic heterocycles. The summed E-state index contributed by atoms with van der Waals surface area (Å²) in [6.07, 6.45) is 0. The first-order valence-corrected chi connectivity index (χ1v) is 7.17. The summed E-state index contributed by atoms with van der Waals surface area (Å²) >= 11 is 5.78. The molecule has 0 saturated carbocycles. The molecule has 114 valence electrons. The van der Waals surface area contributed by atoms with Gasteiger partial charge in [0.05, 0.1) is 31.9 Å². The van der Waals surface area contributed by atoms with Crippen LogP contribution < -0.4 is 10.2 Å². The van der Waals surface area contributed by atoms with Crippen molar-refractivity contribution in [1.29, 1.82) is 0 Å². The van der Waals surface area contributed by atoms with E-state index in [0.29, 0.717) is 31.2 Å². The number of piperazine rings is 1. The minimum Gasteiger partial charge on any atom is -0.332 e. The monoisotopic (exact) mass is 314 g/mol. The Morgan fingerprint density at radius 1 is 1.38 bits per heavy atom. The average molecular weight is 315 g/mol. The number of amides is 2. The molecule has 1 fully saturated rings. The fourth-order valence-corrected chi connectivity index (χ4v) is 2.50. The lowest BCUT2D eigenvalue weighted by Gasteiger charge is -2.31. The molecular weight excluding hydrogens is 297 g/mol. The van der Waals surface area contributed by atoms with Gasteiger partial charge in [-0.15, -0.1) is 0 Å². The number of rotatable bonds is 3. The molecule has 0 aliphatic carbocycles. The van der Waals surface area contributed by atoms with Gasteiger partial charge in [0.2, 0.25) is 5.91 Å². The number of hydrogen-bond donors (Lipinski definition) is 2. The molecule has 5 nitrogen and oxygen atoms in total. The Labute approximate surface area is 127 Å². The van der Waals surface area contributed by atoms with Crippen LogP contribution in [0.15, 0.2) is 18.2 Å². The zero-order valence-corrected chi connectivity index (χ0v) is 12.5. The summed E-state index contributed by atoms with van der Waals surface area (Å²) < 4.78 is 13.5. The van der Waals surface area contributed by atoms with Crippen molar-refractivity contribution < 1.29 is 18.9 Å². The minimum absolute atomic E-state index is 0.0551. The summed E-state index contributed by atoms with van der Waals surface area (Å²) in [5.74, 6) is -0.717. The molecule has 7 heteroatoms. The number of hydrogen-bond acceptors (Lipinski definition) is 2. The summed E-state index contributed by atoms with van der Waals surface area (Å²) in [6, 6.07) is 4.03. The van der Waals surface area contributed by atoms with Gasteiger partial charge in [-0.05, 0) is 18.2 Å². The van der Waals surface area contributed by atoms with Crippen molar-refractivity contribution in [2.45, 2.75) is 6.92 Å². The SMILES string of the molecule is CC(=O)N1CC[NH+](CC(=O)Nc2cc(Cl)ccc2F)CC1. The minimum atomic E-state index is -0.510. The lowest BCUT2D eigenvalue weighted by Crippen LogP contribution is -3.15. The van der Waals surface area contributed by atoms with E-state index in [9.17, 15) is 14.0 Å². The Bertz CT molecular complexity index is 545. The second kappa shape index (κ2) is 6.87. The molecule has 0 bridgehead atoms. The molecule has 0 radical (unpaired) electrons. The largest absolute Gasteiger partial charge is 0.332 e. The molecule has 1 aliphatic rings. The molecule has 2 N–H and O–H groups in total. The third-order valence-corrected chi connectivity index (χ3v) is 3.76. The number of carbonyl (C=O) groups is 2. The normalized spacial score (nSPS) is 15.9. The summed E-state index contributed by atoms with van der Waals surface area (Å²) in [7, 11) is 0.